The Labute approximate surface area is 116 Å². The van der Waals surface area contributed by atoms with E-state index < -0.39 is 23.8 Å². The summed E-state index contributed by atoms with van der Waals surface area (Å²) in [6, 6.07) is 0. The Balaban J connectivity index is 5.36. The molecule has 0 aromatic heterocycles. The van der Waals surface area contributed by atoms with Gasteiger partial charge in [-0.05, 0) is 23.2 Å². The van der Waals surface area contributed by atoms with E-state index in [9.17, 15) is 19.8 Å². The Bertz CT molecular complexity index is 337. The summed E-state index contributed by atoms with van der Waals surface area (Å²) in [5.74, 6) is -3.94. The summed E-state index contributed by atoms with van der Waals surface area (Å²) < 4.78 is 0. The number of carboxylic acid groups (broad SMARTS) is 2. The normalized spacial score (nSPS) is 16.2. The van der Waals surface area contributed by atoms with Crippen LogP contribution in [0, 0.1) is 28.6 Å². The zero-order valence-electron chi connectivity index (χ0n) is 13.2. The molecule has 0 aliphatic carbocycles. The molecular formula is C15H28O4. The monoisotopic (exact) mass is 272 g/mol. The Morgan fingerprint density at radius 3 is 1.58 bits per heavy atom. The van der Waals surface area contributed by atoms with Crippen molar-refractivity contribution in [2.75, 3.05) is 0 Å². The highest BCUT2D eigenvalue weighted by molar-refractivity contribution is 5.80. The third-order valence-corrected chi connectivity index (χ3v) is 4.51. The maximum Gasteiger partial charge on any atom is 0.307 e. The van der Waals surface area contributed by atoms with Crippen LogP contribution >= 0.6 is 0 Å². The summed E-state index contributed by atoms with van der Waals surface area (Å²) in [7, 11) is 0. The first-order chi connectivity index (χ1) is 8.31. The third-order valence-electron chi connectivity index (χ3n) is 4.51. The highest BCUT2D eigenvalue weighted by atomic mass is 16.4. The highest BCUT2D eigenvalue weighted by Gasteiger charge is 2.43. The molecule has 0 rings (SSSR count). The van der Waals surface area contributed by atoms with Gasteiger partial charge in [0.25, 0.3) is 0 Å². The van der Waals surface area contributed by atoms with E-state index >= 15 is 0 Å². The van der Waals surface area contributed by atoms with Crippen LogP contribution in [0.4, 0.5) is 0 Å². The van der Waals surface area contributed by atoms with Gasteiger partial charge in [-0.25, -0.2) is 0 Å². The molecule has 0 amide bonds. The van der Waals surface area contributed by atoms with E-state index in [2.05, 4.69) is 20.8 Å². The van der Waals surface area contributed by atoms with Gasteiger partial charge in [-0.3, -0.25) is 9.59 Å². The van der Waals surface area contributed by atoms with Crippen LogP contribution in [0.25, 0.3) is 0 Å². The lowest BCUT2D eigenvalue weighted by Gasteiger charge is -2.41. The van der Waals surface area contributed by atoms with Crippen molar-refractivity contribution >= 4 is 11.9 Å². The van der Waals surface area contributed by atoms with E-state index in [1.165, 1.54) is 0 Å². The van der Waals surface area contributed by atoms with Crippen molar-refractivity contribution in [1.29, 1.82) is 0 Å². The van der Waals surface area contributed by atoms with Crippen molar-refractivity contribution in [2.45, 2.75) is 54.9 Å². The quantitative estimate of drug-likeness (QED) is 0.776. The van der Waals surface area contributed by atoms with Crippen LogP contribution in [0.2, 0.25) is 0 Å². The zero-order chi connectivity index (χ0) is 15.6. The molecule has 4 nitrogen and oxygen atoms in total. The van der Waals surface area contributed by atoms with Gasteiger partial charge < -0.3 is 10.2 Å². The first kappa shape index (κ1) is 17.9. The SMILES string of the molecule is CC(C)C(C(=O)O)C(CC(C)(C)C(C)(C)C)C(=O)O. The molecule has 0 aromatic carbocycles. The predicted molar refractivity (Wildman–Crippen MR) is 74.9 cm³/mol. The number of carboxylic acids is 2. The molecule has 0 heterocycles. The minimum atomic E-state index is -1.02. The van der Waals surface area contributed by atoms with Crippen molar-refractivity contribution in [3.63, 3.8) is 0 Å². The van der Waals surface area contributed by atoms with Gasteiger partial charge in [0.15, 0.2) is 0 Å². The molecule has 4 heteroatoms. The zero-order valence-corrected chi connectivity index (χ0v) is 13.2. The molecule has 2 N–H and O–H groups in total. The Morgan fingerprint density at radius 1 is 0.947 bits per heavy atom. The summed E-state index contributed by atoms with van der Waals surface area (Å²) in [5, 5.41) is 18.7. The third kappa shape index (κ3) is 4.51. The molecule has 0 spiro atoms. The first-order valence-electron chi connectivity index (χ1n) is 6.77. The number of hydrogen-bond donors (Lipinski definition) is 2. The van der Waals surface area contributed by atoms with Crippen molar-refractivity contribution in [3.8, 4) is 0 Å². The van der Waals surface area contributed by atoms with Crippen molar-refractivity contribution in [1.82, 2.24) is 0 Å². The number of rotatable bonds is 6. The molecular weight excluding hydrogens is 244 g/mol. The molecule has 0 aromatic rings. The minimum absolute atomic E-state index is 0.0826. The Hall–Kier alpha value is -1.06. The summed E-state index contributed by atoms with van der Waals surface area (Å²) in [5.41, 5.74) is -0.334. The molecule has 0 bridgehead atoms. The largest absolute Gasteiger partial charge is 0.481 e. The maximum absolute atomic E-state index is 11.5. The van der Waals surface area contributed by atoms with Gasteiger partial charge in [0, 0.05) is 0 Å². The smallest absolute Gasteiger partial charge is 0.307 e. The standard InChI is InChI=1S/C15H28O4/c1-9(2)11(13(18)19)10(12(16)17)8-15(6,7)14(3,4)5/h9-11H,8H2,1-7H3,(H,16,17)(H,18,19). The van der Waals surface area contributed by atoms with E-state index in [0.717, 1.165) is 0 Å². The number of aliphatic carboxylic acids is 2. The number of hydrogen-bond acceptors (Lipinski definition) is 2. The Kier molecular flexibility index (Phi) is 5.60. The summed E-state index contributed by atoms with van der Waals surface area (Å²) in [4.78, 5) is 22.9. The molecule has 2 atom stereocenters. The van der Waals surface area contributed by atoms with Crippen molar-refractivity contribution in [2.24, 2.45) is 28.6 Å². The van der Waals surface area contributed by atoms with Gasteiger partial charge >= 0.3 is 11.9 Å². The average molecular weight is 272 g/mol. The van der Waals surface area contributed by atoms with Crippen LogP contribution < -0.4 is 0 Å². The molecule has 0 fully saturated rings. The van der Waals surface area contributed by atoms with Crippen molar-refractivity contribution < 1.29 is 19.8 Å². The minimum Gasteiger partial charge on any atom is -0.481 e. The molecule has 0 saturated heterocycles. The summed E-state index contributed by atoms with van der Waals surface area (Å²) >= 11 is 0. The number of carbonyl (C=O) groups is 2. The molecule has 0 aliphatic heterocycles. The lowest BCUT2D eigenvalue weighted by atomic mass is 9.63. The lowest BCUT2D eigenvalue weighted by molar-refractivity contribution is -0.157. The van der Waals surface area contributed by atoms with Crippen LogP contribution in [0.5, 0.6) is 0 Å². The molecule has 2 unspecified atom stereocenters. The predicted octanol–water partition coefficient (Wildman–Crippen LogP) is 3.51. The van der Waals surface area contributed by atoms with Gasteiger partial charge in [0.05, 0.1) is 11.8 Å². The molecule has 0 aliphatic rings. The Morgan fingerprint density at radius 2 is 1.37 bits per heavy atom. The fourth-order valence-electron chi connectivity index (χ4n) is 2.15. The molecule has 0 radical (unpaired) electrons. The van der Waals surface area contributed by atoms with Crippen LogP contribution in [0.3, 0.4) is 0 Å². The van der Waals surface area contributed by atoms with E-state index in [1.807, 2.05) is 13.8 Å². The average Bonchev–Trinajstić information content (AvgIpc) is 2.12. The van der Waals surface area contributed by atoms with Crippen LogP contribution in [-0.2, 0) is 9.59 Å². The van der Waals surface area contributed by atoms with E-state index in [0.29, 0.717) is 6.42 Å². The molecule has 112 valence electrons. The second-order valence-corrected chi connectivity index (χ2v) is 7.39. The topological polar surface area (TPSA) is 74.6 Å². The van der Waals surface area contributed by atoms with Crippen molar-refractivity contribution in [3.05, 3.63) is 0 Å². The van der Waals surface area contributed by atoms with Gasteiger partial charge in [0.2, 0.25) is 0 Å². The van der Waals surface area contributed by atoms with E-state index in [-0.39, 0.29) is 16.7 Å². The van der Waals surface area contributed by atoms with E-state index in [1.54, 1.807) is 13.8 Å². The van der Waals surface area contributed by atoms with Gasteiger partial charge in [-0.2, -0.15) is 0 Å². The van der Waals surface area contributed by atoms with Crippen LogP contribution in [0.1, 0.15) is 54.9 Å². The second kappa shape index (κ2) is 5.93. The van der Waals surface area contributed by atoms with E-state index in [4.69, 9.17) is 0 Å². The summed E-state index contributed by atoms with van der Waals surface area (Å²) in [6.45, 7) is 13.7. The molecule has 0 saturated carbocycles. The van der Waals surface area contributed by atoms with Gasteiger partial charge in [-0.15, -0.1) is 0 Å². The van der Waals surface area contributed by atoms with Crippen LogP contribution in [0.15, 0.2) is 0 Å². The molecule has 19 heavy (non-hydrogen) atoms. The summed E-state index contributed by atoms with van der Waals surface area (Å²) in [6.07, 6.45) is 0.362. The fourth-order valence-corrected chi connectivity index (χ4v) is 2.15. The second-order valence-electron chi connectivity index (χ2n) is 7.39. The lowest BCUT2D eigenvalue weighted by Crippen LogP contribution is -2.40. The van der Waals surface area contributed by atoms with Crippen LogP contribution in [-0.4, -0.2) is 22.2 Å². The highest BCUT2D eigenvalue weighted by Crippen LogP contribution is 2.45. The fraction of sp³-hybridized carbons (Fsp3) is 0.867. The van der Waals surface area contributed by atoms with Gasteiger partial charge in [-0.1, -0.05) is 48.5 Å². The maximum atomic E-state index is 11.5. The first-order valence-corrected chi connectivity index (χ1v) is 6.77. The van der Waals surface area contributed by atoms with Gasteiger partial charge in [0.1, 0.15) is 0 Å².